The van der Waals surface area contributed by atoms with Gasteiger partial charge in [-0.2, -0.15) is 0 Å². The monoisotopic (exact) mass is 415 g/mol. The van der Waals surface area contributed by atoms with E-state index in [0.29, 0.717) is 16.8 Å². The van der Waals surface area contributed by atoms with Gasteiger partial charge in [0.25, 0.3) is 0 Å². The van der Waals surface area contributed by atoms with Crippen molar-refractivity contribution in [2.45, 2.75) is 31.7 Å². The highest BCUT2D eigenvalue weighted by molar-refractivity contribution is 6.30. The first kappa shape index (κ1) is 18.9. The van der Waals surface area contributed by atoms with Crippen molar-refractivity contribution in [1.29, 1.82) is 0 Å². The smallest absolute Gasteiger partial charge is 0.247 e. The normalized spacial score (nSPS) is 14.2. The average molecular weight is 416 g/mol. The summed E-state index contributed by atoms with van der Waals surface area (Å²) < 4.78 is 6.11. The molecule has 1 aliphatic carbocycles. The van der Waals surface area contributed by atoms with Gasteiger partial charge in [0.05, 0.1) is 0 Å². The molecule has 3 aromatic carbocycles. The van der Waals surface area contributed by atoms with Crippen molar-refractivity contribution in [2.75, 3.05) is 5.32 Å². The van der Waals surface area contributed by atoms with E-state index in [9.17, 15) is 0 Å². The summed E-state index contributed by atoms with van der Waals surface area (Å²) in [4.78, 5) is 0. The number of nitrogens with one attached hydrogen (secondary N) is 1. The van der Waals surface area contributed by atoms with Crippen molar-refractivity contribution in [1.82, 2.24) is 10.2 Å². The van der Waals surface area contributed by atoms with Gasteiger partial charge in [0.2, 0.25) is 11.8 Å². The first-order chi connectivity index (χ1) is 14.8. The lowest BCUT2D eigenvalue weighted by Gasteiger charge is -2.23. The van der Waals surface area contributed by atoms with Crippen molar-refractivity contribution >= 4 is 17.3 Å². The van der Waals surface area contributed by atoms with Gasteiger partial charge in [-0.25, -0.2) is 0 Å². The molecule has 0 unspecified atom stereocenters. The second-order valence-electron chi connectivity index (χ2n) is 7.59. The second kappa shape index (κ2) is 8.33. The maximum Gasteiger partial charge on any atom is 0.247 e. The van der Waals surface area contributed by atoms with Crippen LogP contribution < -0.4 is 5.32 Å². The van der Waals surface area contributed by atoms with Crippen molar-refractivity contribution < 1.29 is 4.42 Å². The summed E-state index contributed by atoms with van der Waals surface area (Å²) in [5.41, 5.74) is 5.82. The molecule has 4 aromatic rings. The Morgan fingerprint density at radius 1 is 0.867 bits per heavy atom. The van der Waals surface area contributed by atoms with Crippen LogP contribution in [-0.4, -0.2) is 10.2 Å². The van der Waals surface area contributed by atoms with E-state index in [1.807, 2.05) is 54.6 Å². The van der Waals surface area contributed by atoms with E-state index in [1.165, 1.54) is 24.0 Å². The van der Waals surface area contributed by atoms with Crippen LogP contribution in [0.2, 0.25) is 5.02 Å². The molecule has 0 bridgehead atoms. The molecule has 1 aromatic heterocycles. The number of rotatable bonds is 5. The van der Waals surface area contributed by atoms with Crippen LogP contribution in [0.1, 0.15) is 41.5 Å². The lowest BCUT2D eigenvalue weighted by molar-refractivity contribution is 0.494. The number of nitrogens with zero attached hydrogens (tertiary/aromatic N) is 2. The summed E-state index contributed by atoms with van der Waals surface area (Å²) in [6.45, 7) is 0. The predicted molar refractivity (Wildman–Crippen MR) is 120 cm³/mol. The summed E-state index contributed by atoms with van der Waals surface area (Å²) in [6.07, 6.45) is 4.68. The molecule has 1 heterocycles. The SMILES string of the molecule is Clc1cccc([C@@H](Nc2cccc3c2CCCC3)c2nnc(-c3ccccc3)o2)c1. The third kappa shape index (κ3) is 3.83. The molecule has 150 valence electrons. The van der Waals surface area contributed by atoms with E-state index < -0.39 is 0 Å². The molecule has 0 saturated heterocycles. The maximum absolute atomic E-state index is 6.30. The molecular formula is C25H22ClN3O. The Kier molecular flexibility index (Phi) is 5.24. The van der Waals surface area contributed by atoms with Gasteiger partial charge in [-0.15, -0.1) is 10.2 Å². The molecule has 30 heavy (non-hydrogen) atoms. The van der Waals surface area contributed by atoms with Gasteiger partial charge in [0.1, 0.15) is 6.04 Å². The molecule has 0 radical (unpaired) electrons. The van der Waals surface area contributed by atoms with E-state index in [4.69, 9.17) is 16.0 Å². The lowest BCUT2D eigenvalue weighted by atomic mass is 9.90. The van der Waals surface area contributed by atoms with E-state index in [2.05, 4.69) is 33.7 Å². The fourth-order valence-corrected chi connectivity index (χ4v) is 4.29. The van der Waals surface area contributed by atoms with Crippen LogP contribution in [0.5, 0.6) is 0 Å². The van der Waals surface area contributed by atoms with Crippen LogP contribution in [0.4, 0.5) is 5.69 Å². The standard InChI is InChI=1S/C25H22ClN3O/c26-20-13-6-12-19(16-20)23(25-29-28-24(30-25)18-9-2-1-3-10-18)27-22-15-7-11-17-8-4-5-14-21(17)22/h1-3,6-7,9-13,15-16,23,27H,4-5,8,14H2/t23-/m1/s1. The molecule has 0 aliphatic heterocycles. The van der Waals surface area contributed by atoms with Crippen molar-refractivity contribution in [2.24, 2.45) is 0 Å². The number of hydrogen-bond acceptors (Lipinski definition) is 4. The zero-order valence-electron chi connectivity index (χ0n) is 16.5. The summed E-state index contributed by atoms with van der Waals surface area (Å²) >= 11 is 6.30. The lowest BCUT2D eigenvalue weighted by Crippen LogP contribution is -2.16. The maximum atomic E-state index is 6.30. The van der Waals surface area contributed by atoms with Crippen LogP contribution in [0, 0.1) is 0 Å². The minimum atomic E-state index is -0.290. The van der Waals surface area contributed by atoms with Crippen LogP contribution in [0.3, 0.4) is 0 Å². The molecule has 0 spiro atoms. The summed E-state index contributed by atoms with van der Waals surface area (Å²) in [5.74, 6) is 1.03. The van der Waals surface area contributed by atoms with Gasteiger partial charge in [0, 0.05) is 16.3 Å². The summed E-state index contributed by atoms with van der Waals surface area (Å²) in [6, 6.07) is 23.8. The molecule has 0 fully saturated rings. The topological polar surface area (TPSA) is 51.0 Å². The second-order valence-corrected chi connectivity index (χ2v) is 8.03. The third-order valence-corrected chi connectivity index (χ3v) is 5.82. The van der Waals surface area contributed by atoms with Gasteiger partial charge in [-0.3, -0.25) is 0 Å². The molecular weight excluding hydrogens is 394 g/mol. The first-order valence-corrected chi connectivity index (χ1v) is 10.7. The molecule has 4 nitrogen and oxygen atoms in total. The van der Waals surface area contributed by atoms with Gasteiger partial charge < -0.3 is 9.73 Å². The average Bonchev–Trinajstić information content (AvgIpc) is 3.28. The quantitative estimate of drug-likeness (QED) is 0.405. The van der Waals surface area contributed by atoms with Gasteiger partial charge in [-0.1, -0.05) is 54.1 Å². The molecule has 1 aliphatic rings. The number of anilines is 1. The van der Waals surface area contributed by atoms with E-state index in [1.54, 1.807) is 0 Å². The van der Waals surface area contributed by atoms with Gasteiger partial charge >= 0.3 is 0 Å². The van der Waals surface area contributed by atoms with E-state index in [0.717, 1.165) is 29.7 Å². The van der Waals surface area contributed by atoms with Gasteiger partial charge in [-0.05, 0) is 72.7 Å². The fraction of sp³-hybridized carbons (Fsp3) is 0.200. The number of benzene rings is 3. The van der Waals surface area contributed by atoms with Crippen LogP contribution in [-0.2, 0) is 12.8 Å². The highest BCUT2D eigenvalue weighted by Crippen LogP contribution is 2.34. The number of fused-ring (bicyclic) bond motifs is 1. The molecule has 5 rings (SSSR count). The highest BCUT2D eigenvalue weighted by atomic mass is 35.5. The molecule has 0 saturated carbocycles. The van der Waals surface area contributed by atoms with E-state index in [-0.39, 0.29) is 6.04 Å². The van der Waals surface area contributed by atoms with Crippen LogP contribution >= 0.6 is 11.6 Å². The Morgan fingerprint density at radius 3 is 2.57 bits per heavy atom. The van der Waals surface area contributed by atoms with Crippen LogP contribution in [0.25, 0.3) is 11.5 Å². The molecule has 1 atom stereocenters. The highest BCUT2D eigenvalue weighted by Gasteiger charge is 2.24. The number of halogens is 1. The van der Waals surface area contributed by atoms with Crippen LogP contribution in [0.15, 0.2) is 77.2 Å². The molecule has 5 heteroatoms. The number of aromatic nitrogens is 2. The Balaban J connectivity index is 1.55. The minimum Gasteiger partial charge on any atom is -0.418 e. The number of aryl methyl sites for hydroxylation is 1. The fourth-order valence-electron chi connectivity index (χ4n) is 4.09. The predicted octanol–water partition coefficient (Wildman–Crippen LogP) is 6.47. The Labute approximate surface area is 180 Å². The zero-order chi connectivity index (χ0) is 20.3. The van der Waals surface area contributed by atoms with Crippen molar-refractivity contribution in [3.05, 3.63) is 100 Å². The minimum absolute atomic E-state index is 0.290. The largest absolute Gasteiger partial charge is 0.418 e. The van der Waals surface area contributed by atoms with Gasteiger partial charge in [0.15, 0.2) is 0 Å². The van der Waals surface area contributed by atoms with E-state index >= 15 is 0 Å². The summed E-state index contributed by atoms with van der Waals surface area (Å²) in [7, 11) is 0. The molecule has 0 amide bonds. The van der Waals surface area contributed by atoms with Crippen molar-refractivity contribution in [3.8, 4) is 11.5 Å². The summed E-state index contributed by atoms with van der Waals surface area (Å²) in [5, 5.41) is 13.0. The Bertz CT molecular complexity index is 1160. The Morgan fingerprint density at radius 2 is 1.70 bits per heavy atom. The Hall–Kier alpha value is -3.11. The third-order valence-electron chi connectivity index (χ3n) is 5.59. The number of hydrogen-bond donors (Lipinski definition) is 1. The van der Waals surface area contributed by atoms with Crippen molar-refractivity contribution in [3.63, 3.8) is 0 Å². The zero-order valence-corrected chi connectivity index (χ0v) is 17.3. The molecule has 1 N–H and O–H groups in total. The first-order valence-electron chi connectivity index (χ1n) is 10.3.